The van der Waals surface area contributed by atoms with E-state index in [1.165, 1.54) is 12.1 Å². The Morgan fingerprint density at radius 2 is 1.92 bits per heavy atom. The lowest BCUT2D eigenvalue weighted by Gasteiger charge is -2.17. The molecule has 0 atom stereocenters. The molecule has 0 saturated heterocycles. The average molecular weight is 361 g/mol. The smallest absolute Gasteiger partial charge is 0.350 e. The van der Waals surface area contributed by atoms with Gasteiger partial charge in [0.05, 0.1) is 11.3 Å². The number of fused-ring (bicyclic) bond motifs is 1. The second-order valence-electron chi connectivity index (χ2n) is 5.65. The Hall–Kier alpha value is -3.29. The van der Waals surface area contributed by atoms with Crippen LogP contribution in [0.15, 0.2) is 54.7 Å². The Kier molecular flexibility index (Phi) is 4.41. The molecule has 8 heteroatoms. The number of hydrogen-bond acceptors (Lipinski definition) is 2. The number of nitrogens with one attached hydrogen (secondary N) is 1. The molecule has 0 aliphatic rings. The first-order valence-electron chi connectivity index (χ1n) is 7.57. The van der Waals surface area contributed by atoms with Crippen molar-refractivity contribution < 1.29 is 22.8 Å². The predicted molar refractivity (Wildman–Crippen MR) is 91.9 cm³/mol. The van der Waals surface area contributed by atoms with Crippen molar-refractivity contribution in [1.29, 1.82) is 0 Å². The Labute approximate surface area is 146 Å². The number of benzene rings is 2. The van der Waals surface area contributed by atoms with Crippen LogP contribution in [0.5, 0.6) is 0 Å². The minimum Gasteiger partial charge on any atom is -0.350 e. The average Bonchev–Trinajstić information content (AvgIpc) is 2.96. The highest BCUT2D eigenvalue weighted by atomic mass is 19.4. The number of rotatable bonds is 3. The predicted octanol–water partition coefficient (Wildman–Crippen LogP) is 4.39. The molecule has 3 rings (SSSR count). The van der Waals surface area contributed by atoms with Gasteiger partial charge in [0.2, 0.25) is 6.41 Å². The van der Waals surface area contributed by atoms with E-state index in [0.29, 0.717) is 12.1 Å². The van der Waals surface area contributed by atoms with E-state index in [1.807, 2.05) is 23.9 Å². The maximum atomic E-state index is 12.8. The highest BCUT2D eigenvalue weighted by molar-refractivity contribution is 6.12. The Morgan fingerprint density at radius 1 is 1.15 bits per heavy atom. The van der Waals surface area contributed by atoms with Crippen molar-refractivity contribution in [3.05, 3.63) is 60.3 Å². The van der Waals surface area contributed by atoms with Gasteiger partial charge >= 0.3 is 12.2 Å². The molecular formula is C18H14F3N3O2. The maximum absolute atomic E-state index is 12.8. The van der Waals surface area contributed by atoms with Crippen molar-refractivity contribution in [2.45, 2.75) is 6.18 Å². The van der Waals surface area contributed by atoms with E-state index in [0.717, 1.165) is 27.9 Å². The molecule has 1 heterocycles. The molecule has 0 unspecified atom stereocenters. The van der Waals surface area contributed by atoms with E-state index in [1.54, 1.807) is 18.2 Å². The zero-order valence-electron chi connectivity index (χ0n) is 13.6. The number of aryl methyl sites for hydroxylation is 1. The largest absolute Gasteiger partial charge is 0.416 e. The van der Waals surface area contributed by atoms with Crippen LogP contribution in [-0.4, -0.2) is 17.0 Å². The first-order valence-corrected chi connectivity index (χ1v) is 7.57. The minimum atomic E-state index is -4.53. The molecule has 5 nitrogen and oxygen atoms in total. The first-order chi connectivity index (χ1) is 12.3. The Balaban J connectivity index is 1.87. The standard InChI is InChI=1S/C18H14F3N3O2/c1-23-8-7-12-5-6-15(10-16(12)23)24(11-25)17(26)22-14-4-2-3-13(9-14)18(19,20)21/h2-11H,1H3,(H,22,26). The van der Waals surface area contributed by atoms with Crippen LogP contribution in [-0.2, 0) is 18.0 Å². The van der Waals surface area contributed by atoms with Gasteiger partial charge in [0.25, 0.3) is 0 Å². The third-order valence-corrected chi connectivity index (χ3v) is 3.92. The number of anilines is 2. The van der Waals surface area contributed by atoms with Crippen LogP contribution < -0.4 is 10.2 Å². The number of carbonyl (C=O) groups is 2. The van der Waals surface area contributed by atoms with E-state index in [-0.39, 0.29) is 5.69 Å². The van der Waals surface area contributed by atoms with Crippen molar-refractivity contribution in [3.63, 3.8) is 0 Å². The summed E-state index contributed by atoms with van der Waals surface area (Å²) in [6, 6.07) is 10.2. The molecule has 134 valence electrons. The van der Waals surface area contributed by atoms with Gasteiger partial charge in [-0.25, -0.2) is 9.69 Å². The third kappa shape index (κ3) is 3.39. The quantitative estimate of drug-likeness (QED) is 0.704. The van der Waals surface area contributed by atoms with Gasteiger partial charge in [-0.2, -0.15) is 13.2 Å². The summed E-state index contributed by atoms with van der Waals surface area (Å²) in [5.74, 6) is 0. The van der Waals surface area contributed by atoms with Crippen LogP contribution >= 0.6 is 0 Å². The van der Waals surface area contributed by atoms with Gasteiger partial charge < -0.3 is 9.88 Å². The molecule has 26 heavy (non-hydrogen) atoms. The minimum absolute atomic E-state index is 0.0587. The fourth-order valence-corrected chi connectivity index (χ4v) is 2.58. The number of imide groups is 1. The SMILES string of the molecule is Cn1ccc2ccc(N(C=O)C(=O)Nc3cccc(C(F)(F)F)c3)cc21. The second kappa shape index (κ2) is 6.55. The Morgan fingerprint density at radius 3 is 2.62 bits per heavy atom. The summed E-state index contributed by atoms with van der Waals surface area (Å²) >= 11 is 0. The van der Waals surface area contributed by atoms with E-state index in [9.17, 15) is 22.8 Å². The number of hydrogen-bond donors (Lipinski definition) is 1. The lowest BCUT2D eigenvalue weighted by Crippen LogP contribution is -2.33. The summed E-state index contributed by atoms with van der Waals surface area (Å²) in [6.07, 6.45) is -2.38. The fourth-order valence-electron chi connectivity index (χ4n) is 2.58. The van der Waals surface area contributed by atoms with Gasteiger partial charge in [0, 0.05) is 24.4 Å². The highest BCUT2D eigenvalue weighted by Crippen LogP contribution is 2.31. The maximum Gasteiger partial charge on any atom is 0.416 e. The van der Waals surface area contributed by atoms with Crippen LogP contribution in [0.1, 0.15) is 5.56 Å². The molecule has 0 aliphatic carbocycles. The number of nitrogens with zero attached hydrogens (tertiary/aromatic N) is 2. The highest BCUT2D eigenvalue weighted by Gasteiger charge is 2.30. The molecule has 0 spiro atoms. The summed E-state index contributed by atoms with van der Waals surface area (Å²) in [5.41, 5.74) is 0.162. The van der Waals surface area contributed by atoms with E-state index >= 15 is 0 Å². The number of amides is 3. The molecule has 1 N–H and O–H groups in total. The van der Waals surface area contributed by atoms with Crippen LogP contribution in [0.3, 0.4) is 0 Å². The van der Waals surface area contributed by atoms with Crippen LogP contribution in [0, 0.1) is 0 Å². The monoisotopic (exact) mass is 361 g/mol. The van der Waals surface area contributed by atoms with Crippen LogP contribution in [0.25, 0.3) is 10.9 Å². The van der Waals surface area contributed by atoms with E-state index in [4.69, 9.17) is 0 Å². The van der Waals surface area contributed by atoms with Gasteiger partial charge in [-0.15, -0.1) is 0 Å². The molecule has 2 aromatic carbocycles. The zero-order valence-corrected chi connectivity index (χ0v) is 13.6. The van der Waals surface area contributed by atoms with Gasteiger partial charge in [0.15, 0.2) is 0 Å². The molecule has 3 aromatic rings. The van der Waals surface area contributed by atoms with Crippen LogP contribution in [0.2, 0.25) is 0 Å². The number of urea groups is 1. The topological polar surface area (TPSA) is 54.3 Å². The van der Waals surface area contributed by atoms with Gasteiger partial charge in [-0.05, 0) is 41.8 Å². The molecule has 1 aromatic heterocycles. The molecule has 3 amide bonds. The molecule has 0 fully saturated rings. The van der Waals surface area contributed by atoms with Crippen molar-refractivity contribution >= 4 is 34.7 Å². The van der Waals surface area contributed by atoms with E-state index in [2.05, 4.69) is 5.32 Å². The zero-order chi connectivity index (χ0) is 18.9. The summed E-state index contributed by atoms with van der Waals surface area (Å²) < 4.78 is 40.1. The van der Waals surface area contributed by atoms with Gasteiger partial charge in [-0.1, -0.05) is 12.1 Å². The lowest BCUT2D eigenvalue weighted by atomic mass is 10.2. The fraction of sp³-hybridized carbons (Fsp3) is 0.111. The normalized spacial score (nSPS) is 11.4. The molecule has 0 saturated carbocycles. The Bertz CT molecular complexity index is 979. The third-order valence-electron chi connectivity index (χ3n) is 3.92. The molecule has 0 bridgehead atoms. The van der Waals surface area contributed by atoms with Crippen molar-refractivity contribution in [2.75, 3.05) is 10.2 Å². The lowest BCUT2D eigenvalue weighted by molar-refractivity contribution is -0.137. The second-order valence-corrected chi connectivity index (χ2v) is 5.65. The summed E-state index contributed by atoms with van der Waals surface area (Å²) in [7, 11) is 1.82. The van der Waals surface area contributed by atoms with Crippen molar-refractivity contribution in [1.82, 2.24) is 4.57 Å². The first kappa shape index (κ1) is 17.5. The number of aromatic nitrogens is 1. The summed E-state index contributed by atoms with van der Waals surface area (Å²) in [6.45, 7) is 0. The van der Waals surface area contributed by atoms with Gasteiger partial charge in [0.1, 0.15) is 0 Å². The molecular weight excluding hydrogens is 347 g/mol. The van der Waals surface area contributed by atoms with Crippen molar-refractivity contribution in [3.8, 4) is 0 Å². The van der Waals surface area contributed by atoms with Gasteiger partial charge in [-0.3, -0.25) is 4.79 Å². The van der Waals surface area contributed by atoms with Crippen LogP contribution in [0.4, 0.5) is 29.3 Å². The van der Waals surface area contributed by atoms with Crippen molar-refractivity contribution in [2.24, 2.45) is 7.05 Å². The summed E-state index contributed by atoms with van der Waals surface area (Å²) in [4.78, 5) is 24.6. The number of alkyl halides is 3. The summed E-state index contributed by atoms with van der Waals surface area (Å²) in [5, 5.41) is 3.24. The van der Waals surface area contributed by atoms with E-state index < -0.39 is 17.8 Å². The molecule has 0 aliphatic heterocycles. The molecule has 0 radical (unpaired) electrons. The number of halogens is 3. The number of carbonyl (C=O) groups excluding carboxylic acids is 2.